The summed E-state index contributed by atoms with van der Waals surface area (Å²) >= 11 is 9.29. The first-order valence-electron chi connectivity index (χ1n) is 5.25. The van der Waals surface area contributed by atoms with Crippen molar-refractivity contribution in [2.24, 2.45) is 0 Å². The molecule has 0 saturated carbocycles. The number of nitrogens with zero attached hydrogens (tertiary/aromatic N) is 1. The molecule has 0 saturated heterocycles. The van der Waals surface area contributed by atoms with Crippen molar-refractivity contribution in [2.75, 3.05) is 6.54 Å². The summed E-state index contributed by atoms with van der Waals surface area (Å²) in [5, 5.41) is 12.4. The Labute approximate surface area is 110 Å². The number of unbranched alkanes of at least 4 members (excludes halogenated alkanes) is 2. The zero-order valence-electron chi connectivity index (χ0n) is 8.97. The molecule has 0 aliphatic heterocycles. The van der Waals surface area contributed by atoms with E-state index in [1.807, 2.05) is 18.2 Å². The van der Waals surface area contributed by atoms with Crippen molar-refractivity contribution in [2.45, 2.75) is 25.8 Å². The number of nitriles is 1. The Bertz CT molecular complexity index is 374. The summed E-state index contributed by atoms with van der Waals surface area (Å²) in [5.74, 6) is 0. The zero-order valence-corrected chi connectivity index (χ0v) is 11.3. The molecule has 1 rings (SSSR count). The Morgan fingerprint density at radius 1 is 1.38 bits per heavy atom. The van der Waals surface area contributed by atoms with E-state index in [0.717, 1.165) is 35.4 Å². The molecule has 0 aromatic heterocycles. The molecule has 4 heteroatoms. The maximum Gasteiger partial charge on any atom is 0.0621 e. The van der Waals surface area contributed by atoms with Gasteiger partial charge in [-0.1, -0.05) is 17.7 Å². The van der Waals surface area contributed by atoms with E-state index in [1.54, 1.807) is 0 Å². The third kappa shape index (κ3) is 4.98. The monoisotopic (exact) mass is 300 g/mol. The van der Waals surface area contributed by atoms with Crippen molar-refractivity contribution in [3.05, 3.63) is 33.3 Å². The van der Waals surface area contributed by atoms with Gasteiger partial charge in [0.25, 0.3) is 0 Å². The first kappa shape index (κ1) is 13.5. The molecule has 0 bridgehead atoms. The van der Waals surface area contributed by atoms with E-state index in [9.17, 15) is 0 Å². The van der Waals surface area contributed by atoms with Crippen molar-refractivity contribution in [3.8, 4) is 6.07 Å². The predicted molar refractivity (Wildman–Crippen MR) is 70.3 cm³/mol. The van der Waals surface area contributed by atoms with Gasteiger partial charge in [0.1, 0.15) is 0 Å². The normalized spacial score (nSPS) is 10.1. The molecule has 1 N–H and O–H groups in total. The van der Waals surface area contributed by atoms with Gasteiger partial charge in [-0.3, -0.25) is 0 Å². The molecule has 0 radical (unpaired) electrons. The maximum atomic E-state index is 8.37. The van der Waals surface area contributed by atoms with E-state index in [-0.39, 0.29) is 0 Å². The van der Waals surface area contributed by atoms with Crippen molar-refractivity contribution >= 4 is 27.5 Å². The average molecular weight is 302 g/mol. The minimum atomic E-state index is 0.647. The van der Waals surface area contributed by atoms with E-state index in [1.165, 1.54) is 5.56 Å². The Kier molecular flexibility index (Phi) is 6.47. The van der Waals surface area contributed by atoms with Gasteiger partial charge in [-0.05, 0) is 53.0 Å². The fraction of sp³-hybridized carbons (Fsp3) is 0.417. The summed E-state index contributed by atoms with van der Waals surface area (Å²) < 4.78 is 0.929. The van der Waals surface area contributed by atoms with Crippen molar-refractivity contribution in [1.82, 2.24) is 5.32 Å². The van der Waals surface area contributed by atoms with Gasteiger partial charge in [0.05, 0.1) is 11.1 Å². The second-order valence-corrected chi connectivity index (χ2v) is 4.80. The van der Waals surface area contributed by atoms with Gasteiger partial charge in [-0.15, -0.1) is 0 Å². The molecule has 2 nitrogen and oxygen atoms in total. The Morgan fingerprint density at radius 2 is 2.19 bits per heavy atom. The van der Waals surface area contributed by atoms with Crippen LogP contribution in [0.2, 0.25) is 5.02 Å². The molecule has 0 spiro atoms. The molecule has 0 atom stereocenters. The number of hydrogen-bond acceptors (Lipinski definition) is 2. The fourth-order valence-corrected chi connectivity index (χ4v) is 1.88. The van der Waals surface area contributed by atoms with Gasteiger partial charge < -0.3 is 5.32 Å². The van der Waals surface area contributed by atoms with Crippen LogP contribution in [0, 0.1) is 11.3 Å². The lowest BCUT2D eigenvalue weighted by molar-refractivity contribution is 0.628. The van der Waals surface area contributed by atoms with Crippen molar-refractivity contribution in [1.29, 1.82) is 5.26 Å². The van der Waals surface area contributed by atoms with Gasteiger partial charge in [0, 0.05) is 17.4 Å². The highest BCUT2D eigenvalue weighted by molar-refractivity contribution is 9.10. The lowest BCUT2D eigenvalue weighted by Gasteiger charge is -2.05. The molecule has 0 aliphatic carbocycles. The molecular weight excluding hydrogens is 288 g/mol. The van der Waals surface area contributed by atoms with Crippen LogP contribution in [0.5, 0.6) is 0 Å². The number of rotatable bonds is 6. The minimum absolute atomic E-state index is 0.647. The predicted octanol–water partition coefficient (Wildman–Crippen LogP) is 3.89. The van der Waals surface area contributed by atoms with Crippen LogP contribution in [0.25, 0.3) is 0 Å². The van der Waals surface area contributed by atoms with E-state index in [4.69, 9.17) is 16.9 Å². The van der Waals surface area contributed by atoms with Gasteiger partial charge in [-0.2, -0.15) is 5.26 Å². The molecule has 0 aliphatic rings. The Hall–Kier alpha value is -0.560. The zero-order chi connectivity index (χ0) is 11.8. The number of nitrogens with one attached hydrogen (secondary N) is 1. The number of hydrogen-bond donors (Lipinski definition) is 1. The highest BCUT2D eigenvalue weighted by atomic mass is 79.9. The molecule has 0 amide bonds. The van der Waals surface area contributed by atoms with Gasteiger partial charge in [0.15, 0.2) is 0 Å². The molecule has 16 heavy (non-hydrogen) atoms. The maximum absolute atomic E-state index is 8.37. The largest absolute Gasteiger partial charge is 0.313 e. The highest BCUT2D eigenvalue weighted by Crippen LogP contribution is 2.22. The lowest BCUT2D eigenvalue weighted by atomic mass is 10.2. The summed E-state index contributed by atoms with van der Waals surface area (Å²) in [5.41, 5.74) is 1.21. The summed E-state index contributed by atoms with van der Waals surface area (Å²) in [6.45, 7) is 1.78. The van der Waals surface area contributed by atoms with Crippen LogP contribution in [0.4, 0.5) is 0 Å². The Balaban J connectivity index is 2.22. The minimum Gasteiger partial charge on any atom is -0.313 e. The third-order valence-electron chi connectivity index (χ3n) is 2.21. The smallest absolute Gasteiger partial charge is 0.0621 e. The van der Waals surface area contributed by atoms with Gasteiger partial charge in [0.2, 0.25) is 0 Å². The van der Waals surface area contributed by atoms with E-state index < -0.39 is 0 Å². The van der Waals surface area contributed by atoms with Gasteiger partial charge in [-0.25, -0.2) is 0 Å². The Morgan fingerprint density at radius 3 is 2.88 bits per heavy atom. The quantitative estimate of drug-likeness (QED) is 0.809. The number of halogens is 2. The van der Waals surface area contributed by atoms with E-state index in [0.29, 0.717) is 6.42 Å². The summed E-state index contributed by atoms with van der Waals surface area (Å²) in [7, 11) is 0. The van der Waals surface area contributed by atoms with Crippen LogP contribution < -0.4 is 5.32 Å². The van der Waals surface area contributed by atoms with Gasteiger partial charge >= 0.3 is 0 Å². The van der Waals surface area contributed by atoms with E-state index >= 15 is 0 Å². The van der Waals surface area contributed by atoms with Crippen molar-refractivity contribution in [3.63, 3.8) is 0 Å². The molecule has 86 valence electrons. The molecule has 1 aromatic carbocycles. The fourth-order valence-electron chi connectivity index (χ4n) is 1.34. The summed E-state index contributed by atoms with van der Waals surface area (Å²) in [4.78, 5) is 0. The van der Waals surface area contributed by atoms with Crippen LogP contribution in [-0.2, 0) is 6.54 Å². The van der Waals surface area contributed by atoms with Crippen LogP contribution in [0.1, 0.15) is 24.8 Å². The second-order valence-electron chi connectivity index (χ2n) is 3.54. The summed E-state index contributed by atoms with van der Waals surface area (Å²) in [6, 6.07) is 8.06. The topological polar surface area (TPSA) is 35.8 Å². The second kappa shape index (κ2) is 7.67. The highest BCUT2D eigenvalue weighted by Gasteiger charge is 1.98. The van der Waals surface area contributed by atoms with E-state index in [2.05, 4.69) is 27.3 Å². The lowest BCUT2D eigenvalue weighted by Crippen LogP contribution is -2.14. The SMILES string of the molecule is N#CCCCCNCc1ccc(Cl)c(Br)c1. The van der Waals surface area contributed by atoms with Crippen LogP contribution in [0.15, 0.2) is 22.7 Å². The first-order valence-corrected chi connectivity index (χ1v) is 6.42. The molecule has 0 heterocycles. The molecule has 1 aromatic rings. The van der Waals surface area contributed by atoms with Crippen molar-refractivity contribution < 1.29 is 0 Å². The average Bonchev–Trinajstić information content (AvgIpc) is 2.28. The molecule has 0 unspecified atom stereocenters. The van der Waals surface area contributed by atoms with Crippen LogP contribution >= 0.6 is 27.5 Å². The number of benzene rings is 1. The first-order chi connectivity index (χ1) is 7.74. The molecule has 0 fully saturated rings. The van der Waals surface area contributed by atoms with Crippen LogP contribution in [-0.4, -0.2) is 6.54 Å². The summed E-state index contributed by atoms with van der Waals surface area (Å²) in [6.07, 6.45) is 2.66. The van der Waals surface area contributed by atoms with Crippen LogP contribution in [0.3, 0.4) is 0 Å². The third-order valence-corrected chi connectivity index (χ3v) is 3.42. The molecular formula is C12H14BrClN2. The standard InChI is InChI=1S/C12H14BrClN2/c13-11-8-10(4-5-12(11)14)9-16-7-3-1-2-6-15/h4-5,8,16H,1-3,7,9H2.